The van der Waals surface area contributed by atoms with Gasteiger partial charge in [0.05, 0.1) is 0 Å². The van der Waals surface area contributed by atoms with Crippen molar-refractivity contribution in [3.8, 4) is 11.4 Å². The molecule has 1 aromatic carbocycles. The zero-order valence-corrected chi connectivity index (χ0v) is 12.3. The summed E-state index contributed by atoms with van der Waals surface area (Å²) in [6.45, 7) is 6.68. The van der Waals surface area contributed by atoms with E-state index in [2.05, 4.69) is 52.4 Å². The van der Waals surface area contributed by atoms with Crippen LogP contribution >= 0.6 is 11.5 Å². The minimum Gasteiger partial charge on any atom is -0.372 e. The molecule has 0 atom stereocenters. The van der Waals surface area contributed by atoms with Gasteiger partial charge in [-0.15, -0.1) is 0 Å². The minimum atomic E-state index is 0.454. The Labute approximate surface area is 118 Å². The van der Waals surface area contributed by atoms with E-state index in [0.717, 1.165) is 16.4 Å². The van der Waals surface area contributed by atoms with E-state index in [1.807, 2.05) is 0 Å². The molecule has 1 aliphatic rings. The highest BCUT2D eigenvalue weighted by molar-refractivity contribution is 7.05. The Balaban J connectivity index is 1.81. The van der Waals surface area contributed by atoms with Gasteiger partial charge in [-0.1, -0.05) is 13.8 Å². The van der Waals surface area contributed by atoms with Crippen molar-refractivity contribution in [1.29, 1.82) is 0 Å². The SMILES string of the molecule is CC(C)c1nc(-c2ccc(N3CCCC3)cc2)ns1. The van der Waals surface area contributed by atoms with Crippen LogP contribution in [0.25, 0.3) is 11.4 Å². The Morgan fingerprint density at radius 3 is 2.37 bits per heavy atom. The number of aromatic nitrogens is 2. The van der Waals surface area contributed by atoms with Gasteiger partial charge in [-0.05, 0) is 48.6 Å². The van der Waals surface area contributed by atoms with Gasteiger partial charge in [-0.3, -0.25) is 0 Å². The van der Waals surface area contributed by atoms with Crippen LogP contribution in [-0.2, 0) is 0 Å². The number of anilines is 1. The summed E-state index contributed by atoms with van der Waals surface area (Å²) in [4.78, 5) is 7.04. The fourth-order valence-electron chi connectivity index (χ4n) is 2.38. The zero-order chi connectivity index (χ0) is 13.2. The van der Waals surface area contributed by atoms with Crippen LogP contribution in [0.1, 0.15) is 37.6 Å². The third-order valence-corrected chi connectivity index (χ3v) is 4.55. The first-order chi connectivity index (χ1) is 9.24. The summed E-state index contributed by atoms with van der Waals surface area (Å²) in [5, 5.41) is 1.11. The fraction of sp³-hybridized carbons (Fsp3) is 0.467. The zero-order valence-electron chi connectivity index (χ0n) is 11.5. The predicted molar refractivity (Wildman–Crippen MR) is 80.9 cm³/mol. The average Bonchev–Trinajstić information content (AvgIpc) is 3.11. The molecule has 0 radical (unpaired) electrons. The summed E-state index contributed by atoms with van der Waals surface area (Å²) < 4.78 is 4.45. The molecule has 100 valence electrons. The van der Waals surface area contributed by atoms with Gasteiger partial charge in [0.15, 0.2) is 5.82 Å². The maximum Gasteiger partial charge on any atom is 0.173 e. The molecular formula is C15H19N3S. The molecule has 0 unspecified atom stereocenters. The molecule has 1 aliphatic heterocycles. The molecule has 3 nitrogen and oxygen atoms in total. The Kier molecular flexibility index (Phi) is 3.51. The molecular weight excluding hydrogens is 254 g/mol. The van der Waals surface area contributed by atoms with E-state index in [4.69, 9.17) is 0 Å². The number of benzene rings is 1. The van der Waals surface area contributed by atoms with Gasteiger partial charge in [0.2, 0.25) is 0 Å². The topological polar surface area (TPSA) is 29.0 Å². The average molecular weight is 273 g/mol. The molecule has 4 heteroatoms. The Morgan fingerprint density at radius 1 is 1.11 bits per heavy atom. The van der Waals surface area contributed by atoms with Gasteiger partial charge >= 0.3 is 0 Å². The molecule has 2 heterocycles. The van der Waals surface area contributed by atoms with Gasteiger partial charge in [0, 0.05) is 30.3 Å². The van der Waals surface area contributed by atoms with Crippen molar-refractivity contribution in [1.82, 2.24) is 9.36 Å². The molecule has 3 rings (SSSR count). The molecule has 2 aromatic rings. The fourth-order valence-corrected chi connectivity index (χ4v) is 3.05. The molecule has 1 saturated heterocycles. The van der Waals surface area contributed by atoms with Crippen LogP contribution < -0.4 is 4.90 Å². The maximum atomic E-state index is 4.60. The summed E-state index contributed by atoms with van der Waals surface area (Å²) in [5.41, 5.74) is 2.44. The second-order valence-electron chi connectivity index (χ2n) is 5.35. The smallest absolute Gasteiger partial charge is 0.173 e. The third kappa shape index (κ3) is 2.63. The Morgan fingerprint density at radius 2 is 1.79 bits per heavy atom. The van der Waals surface area contributed by atoms with Crippen LogP contribution in [0, 0.1) is 0 Å². The highest BCUT2D eigenvalue weighted by atomic mass is 32.1. The van der Waals surface area contributed by atoms with E-state index in [-0.39, 0.29) is 0 Å². The van der Waals surface area contributed by atoms with Crippen LogP contribution in [0.15, 0.2) is 24.3 Å². The van der Waals surface area contributed by atoms with Gasteiger partial charge in [-0.25, -0.2) is 4.98 Å². The lowest BCUT2D eigenvalue weighted by Gasteiger charge is -2.17. The maximum absolute atomic E-state index is 4.60. The van der Waals surface area contributed by atoms with Crippen molar-refractivity contribution in [2.75, 3.05) is 18.0 Å². The first-order valence-electron chi connectivity index (χ1n) is 6.93. The van der Waals surface area contributed by atoms with Gasteiger partial charge in [0.25, 0.3) is 0 Å². The standard InChI is InChI=1S/C15H19N3S/c1-11(2)15-16-14(17-19-15)12-5-7-13(8-6-12)18-9-3-4-10-18/h5-8,11H,3-4,9-10H2,1-2H3. The van der Waals surface area contributed by atoms with Crippen molar-refractivity contribution in [2.24, 2.45) is 0 Å². The first kappa shape index (κ1) is 12.6. The van der Waals surface area contributed by atoms with E-state index < -0.39 is 0 Å². The van der Waals surface area contributed by atoms with Crippen molar-refractivity contribution in [3.05, 3.63) is 29.3 Å². The van der Waals surface area contributed by atoms with E-state index in [9.17, 15) is 0 Å². The molecule has 0 amide bonds. The lowest BCUT2D eigenvalue weighted by molar-refractivity contribution is 0.853. The molecule has 1 aromatic heterocycles. The molecule has 0 N–H and O–H groups in total. The molecule has 0 spiro atoms. The monoisotopic (exact) mass is 273 g/mol. The van der Waals surface area contributed by atoms with Crippen molar-refractivity contribution in [3.63, 3.8) is 0 Å². The minimum absolute atomic E-state index is 0.454. The summed E-state index contributed by atoms with van der Waals surface area (Å²) in [6, 6.07) is 8.66. The quantitative estimate of drug-likeness (QED) is 0.848. The van der Waals surface area contributed by atoms with Crippen LogP contribution in [0.5, 0.6) is 0 Å². The summed E-state index contributed by atoms with van der Waals surface area (Å²) >= 11 is 1.51. The molecule has 19 heavy (non-hydrogen) atoms. The van der Waals surface area contributed by atoms with E-state index >= 15 is 0 Å². The van der Waals surface area contributed by atoms with E-state index in [0.29, 0.717) is 5.92 Å². The Hall–Kier alpha value is -1.42. The number of hydrogen-bond donors (Lipinski definition) is 0. The number of hydrogen-bond acceptors (Lipinski definition) is 4. The van der Waals surface area contributed by atoms with Crippen LogP contribution in [-0.4, -0.2) is 22.4 Å². The second kappa shape index (κ2) is 5.29. The number of nitrogens with zero attached hydrogens (tertiary/aromatic N) is 3. The highest BCUT2D eigenvalue weighted by Gasteiger charge is 2.13. The number of rotatable bonds is 3. The second-order valence-corrected chi connectivity index (χ2v) is 6.14. The van der Waals surface area contributed by atoms with Crippen molar-refractivity contribution in [2.45, 2.75) is 32.6 Å². The van der Waals surface area contributed by atoms with E-state index in [1.165, 1.54) is 43.2 Å². The summed E-state index contributed by atoms with van der Waals surface area (Å²) in [5.74, 6) is 1.32. The Bertz CT molecular complexity index is 539. The van der Waals surface area contributed by atoms with Crippen molar-refractivity contribution >= 4 is 17.2 Å². The molecule has 0 saturated carbocycles. The summed E-state index contributed by atoms with van der Waals surface area (Å²) in [6.07, 6.45) is 2.63. The van der Waals surface area contributed by atoms with Gasteiger partial charge < -0.3 is 4.90 Å². The van der Waals surface area contributed by atoms with Crippen LogP contribution in [0.2, 0.25) is 0 Å². The molecule has 1 fully saturated rings. The van der Waals surface area contributed by atoms with Gasteiger partial charge in [0.1, 0.15) is 5.01 Å². The first-order valence-corrected chi connectivity index (χ1v) is 7.70. The molecule has 0 aliphatic carbocycles. The van der Waals surface area contributed by atoms with Crippen LogP contribution in [0.3, 0.4) is 0 Å². The van der Waals surface area contributed by atoms with Crippen LogP contribution in [0.4, 0.5) is 5.69 Å². The lowest BCUT2D eigenvalue weighted by atomic mass is 10.2. The predicted octanol–water partition coefficient (Wildman–Crippen LogP) is 3.93. The van der Waals surface area contributed by atoms with Gasteiger partial charge in [-0.2, -0.15) is 4.37 Å². The van der Waals surface area contributed by atoms with Crippen molar-refractivity contribution < 1.29 is 0 Å². The third-order valence-electron chi connectivity index (χ3n) is 3.53. The molecule has 0 bridgehead atoms. The summed E-state index contributed by atoms with van der Waals surface area (Å²) in [7, 11) is 0. The highest BCUT2D eigenvalue weighted by Crippen LogP contribution is 2.26. The largest absolute Gasteiger partial charge is 0.372 e. The normalized spacial score (nSPS) is 15.4. The van der Waals surface area contributed by atoms with E-state index in [1.54, 1.807) is 0 Å². The lowest BCUT2D eigenvalue weighted by Crippen LogP contribution is -2.17.